The minimum absolute atomic E-state index is 0.478. The maximum Gasteiger partial charge on any atom is 0.136 e. The highest BCUT2D eigenvalue weighted by Gasteiger charge is 2.20. The summed E-state index contributed by atoms with van der Waals surface area (Å²) in [4.78, 5) is 12.7. The fourth-order valence-corrected chi connectivity index (χ4v) is 2.82. The Balaban J connectivity index is 1.97. The molecule has 0 radical (unpaired) electrons. The molecular weight excluding hydrogens is 260 g/mol. The molecule has 1 fully saturated rings. The summed E-state index contributed by atoms with van der Waals surface area (Å²) in [6, 6.07) is 8.67. The average molecular weight is 280 g/mol. The van der Waals surface area contributed by atoms with Crippen LogP contribution in [-0.4, -0.2) is 22.7 Å². The van der Waals surface area contributed by atoms with Crippen LogP contribution in [0.15, 0.2) is 35.6 Å². The maximum atomic E-state index is 6.01. The summed E-state index contributed by atoms with van der Waals surface area (Å²) in [6.45, 7) is 1.93. The number of aromatic nitrogens is 2. The van der Waals surface area contributed by atoms with Crippen molar-refractivity contribution in [2.45, 2.75) is 32.1 Å². The number of nitrogens with zero attached hydrogens (tertiary/aromatic N) is 3. The number of rotatable bonds is 3. The lowest BCUT2D eigenvalue weighted by molar-refractivity contribution is 0.420. The van der Waals surface area contributed by atoms with E-state index in [1.807, 2.05) is 6.92 Å². The number of nitrogen functional groups attached to an aromatic ring is 1. The number of benzene rings is 1. The summed E-state index contributed by atoms with van der Waals surface area (Å²) in [5.74, 6) is 1.22. The van der Waals surface area contributed by atoms with Crippen molar-refractivity contribution in [2.75, 3.05) is 12.8 Å². The summed E-state index contributed by atoms with van der Waals surface area (Å²) in [5, 5.41) is 0. The van der Waals surface area contributed by atoms with Crippen molar-refractivity contribution in [3.8, 4) is 0 Å². The monoisotopic (exact) mass is 280 g/mol. The molecule has 1 aromatic carbocycles. The number of hydrogen-bond acceptors (Lipinski definition) is 4. The Morgan fingerprint density at radius 2 is 1.90 bits per heavy atom. The smallest absolute Gasteiger partial charge is 0.136 e. The number of hydrogen-bond donors (Lipinski definition) is 1. The van der Waals surface area contributed by atoms with Gasteiger partial charge in [0, 0.05) is 12.6 Å². The number of nitrogens with two attached hydrogens (primary N) is 1. The summed E-state index contributed by atoms with van der Waals surface area (Å²) in [6.07, 6.45) is 5.46. The molecule has 0 saturated heterocycles. The van der Waals surface area contributed by atoms with Crippen molar-refractivity contribution in [2.24, 2.45) is 4.99 Å². The third-order valence-electron chi connectivity index (χ3n) is 4.29. The fourth-order valence-electron chi connectivity index (χ4n) is 2.82. The van der Waals surface area contributed by atoms with E-state index >= 15 is 0 Å². The molecule has 4 nitrogen and oxygen atoms in total. The van der Waals surface area contributed by atoms with Crippen LogP contribution in [0.5, 0.6) is 0 Å². The van der Waals surface area contributed by atoms with Crippen molar-refractivity contribution < 1.29 is 0 Å². The van der Waals surface area contributed by atoms with Gasteiger partial charge in [-0.3, -0.25) is 4.99 Å². The number of aryl methyl sites for hydroxylation is 1. The molecule has 0 amide bonds. The predicted molar refractivity (Wildman–Crippen MR) is 85.8 cm³/mol. The first-order chi connectivity index (χ1) is 10.2. The Labute approximate surface area is 125 Å². The molecule has 0 aliphatic heterocycles. The quantitative estimate of drug-likeness (QED) is 0.879. The molecule has 1 aliphatic carbocycles. The zero-order valence-corrected chi connectivity index (χ0v) is 12.5. The van der Waals surface area contributed by atoms with Crippen LogP contribution in [0.3, 0.4) is 0 Å². The first-order valence-electron chi connectivity index (χ1n) is 7.35. The van der Waals surface area contributed by atoms with Gasteiger partial charge in [0.25, 0.3) is 0 Å². The van der Waals surface area contributed by atoms with Crippen molar-refractivity contribution >= 4 is 11.5 Å². The summed E-state index contributed by atoms with van der Waals surface area (Å²) < 4.78 is 0. The summed E-state index contributed by atoms with van der Waals surface area (Å²) in [5.41, 5.74) is 11.0. The average Bonchev–Trinajstić information content (AvgIpc) is 2.42. The van der Waals surface area contributed by atoms with Crippen molar-refractivity contribution in [1.29, 1.82) is 0 Å². The van der Waals surface area contributed by atoms with E-state index < -0.39 is 0 Å². The van der Waals surface area contributed by atoms with Crippen LogP contribution >= 0.6 is 0 Å². The van der Waals surface area contributed by atoms with Crippen LogP contribution in [0.2, 0.25) is 0 Å². The number of aliphatic imine (C=N–C) groups is 1. The molecule has 2 N–H and O–H groups in total. The molecule has 0 unspecified atom stereocenters. The van der Waals surface area contributed by atoms with E-state index in [9.17, 15) is 0 Å². The van der Waals surface area contributed by atoms with Crippen LogP contribution in [-0.2, 0) is 0 Å². The zero-order chi connectivity index (χ0) is 14.8. The summed E-state index contributed by atoms with van der Waals surface area (Å²) >= 11 is 0. The minimum Gasteiger partial charge on any atom is -0.383 e. The van der Waals surface area contributed by atoms with Gasteiger partial charge in [-0.2, -0.15) is 0 Å². The molecular formula is C17H20N4. The van der Waals surface area contributed by atoms with E-state index in [0.29, 0.717) is 5.82 Å². The van der Waals surface area contributed by atoms with Crippen molar-refractivity contribution in [3.63, 3.8) is 0 Å². The van der Waals surface area contributed by atoms with Crippen molar-refractivity contribution in [3.05, 3.63) is 53.0 Å². The molecule has 0 bridgehead atoms. The van der Waals surface area contributed by atoms with Gasteiger partial charge in [0.1, 0.15) is 12.1 Å². The third kappa shape index (κ3) is 2.53. The molecule has 0 spiro atoms. The van der Waals surface area contributed by atoms with Gasteiger partial charge in [-0.1, -0.05) is 30.7 Å². The SMILES string of the molecule is CN=C(c1ccc(C2CCC2)cc1)c1c(C)ncnc1N. The molecule has 108 valence electrons. The van der Waals surface area contributed by atoms with Crippen LogP contribution in [0.25, 0.3) is 0 Å². The van der Waals surface area contributed by atoms with Gasteiger partial charge in [0.05, 0.1) is 17.0 Å². The molecule has 21 heavy (non-hydrogen) atoms. The van der Waals surface area contributed by atoms with Crippen LogP contribution in [0.4, 0.5) is 5.82 Å². The Morgan fingerprint density at radius 3 is 2.43 bits per heavy atom. The second-order valence-electron chi connectivity index (χ2n) is 5.54. The Hall–Kier alpha value is -2.23. The molecule has 0 atom stereocenters. The molecule has 1 aromatic heterocycles. The lowest BCUT2D eigenvalue weighted by atomic mass is 9.80. The third-order valence-corrected chi connectivity index (χ3v) is 4.29. The zero-order valence-electron chi connectivity index (χ0n) is 12.5. The first kappa shape index (κ1) is 13.7. The van der Waals surface area contributed by atoms with Gasteiger partial charge >= 0.3 is 0 Å². The Morgan fingerprint density at radius 1 is 1.19 bits per heavy atom. The molecule has 1 aliphatic rings. The van der Waals surface area contributed by atoms with E-state index in [2.05, 4.69) is 39.2 Å². The van der Waals surface area contributed by atoms with Gasteiger partial charge in [-0.25, -0.2) is 9.97 Å². The standard InChI is InChI=1S/C17H20N4/c1-11-15(17(18)21-10-20-11)16(19-2)14-8-6-13(7-9-14)12-4-3-5-12/h6-10,12H,3-5H2,1-2H3,(H2,18,20,21). The molecule has 2 aromatic rings. The van der Waals surface area contributed by atoms with E-state index in [4.69, 9.17) is 5.73 Å². The lowest BCUT2D eigenvalue weighted by Crippen LogP contribution is -2.13. The second kappa shape index (κ2) is 5.64. The first-order valence-corrected chi connectivity index (χ1v) is 7.35. The van der Waals surface area contributed by atoms with Crippen LogP contribution in [0, 0.1) is 6.92 Å². The van der Waals surface area contributed by atoms with Crippen LogP contribution in [0.1, 0.15) is 47.6 Å². The van der Waals surface area contributed by atoms with Gasteiger partial charge < -0.3 is 5.73 Å². The minimum atomic E-state index is 0.478. The maximum absolute atomic E-state index is 6.01. The van der Waals surface area contributed by atoms with Gasteiger partial charge in [0.2, 0.25) is 0 Å². The Kier molecular flexibility index (Phi) is 3.69. The highest BCUT2D eigenvalue weighted by atomic mass is 14.9. The number of anilines is 1. The van der Waals surface area contributed by atoms with Crippen LogP contribution < -0.4 is 5.73 Å². The van der Waals surface area contributed by atoms with E-state index in [-0.39, 0.29) is 0 Å². The summed E-state index contributed by atoms with van der Waals surface area (Å²) in [7, 11) is 1.78. The normalized spacial score (nSPS) is 15.8. The van der Waals surface area contributed by atoms with E-state index in [0.717, 1.165) is 28.5 Å². The Bertz CT molecular complexity index is 649. The molecule has 1 saturated carbocycles. The van der Waals surface area contributed by atoms with Gasteiger partial charge in [-0.15, -0.1) is 0 Å². The second-order valence-corrected chi connectivity index (χ2v) is 5.54. The predicted octanol–water partition coefficient (Wildman–Crippen LogP) is 3.10. The van der Waals surface area contributed by atoms with Crippen molar-refractivity contribution in [1.82, 2.24) is 9.97 Å². The molecule has 3 rings (SSSR count). The van der Waals surface area contributed by atoms with Gasteiger partial charge in [0.15, 0.2) is 0 Å². The molecule has 1 heterocycles. The lowest BCUT2D eigenvalue weighted by Gasteiger charge is -2.25. The topological polar surface area (TPSA) is 64.2 Å². The fraction of sp³-hybridized carbons (Fsp3) is 0.353. The largest absolute Gasteiger partial charge is 0.383 e. The molecule has 4 heteroatoms. The van der Waals surface area contributed by atoms with E-state index in [1.165, 1.54) is 31.2 Å². The highest BCUT2D eigenvalue weighted by molar-refractivity contribution is 6.15. The van der Waals surface area contributed by atoms with Gasteiger partial charge in [-0.05, 0) is 31.2 Å². The highest BCUT2D eigenvalue weighted by Crippen LogP contribution is 2.36. The van der Waals surface area contributed by atoms with E-state index in [1.54, 1.807) is 7.05 Å².